The first-order valence-electron chi connectivity index (χ1n) is 5.74. The van der Waals surface area contributed by atoms with Crippen molar-refractivity contribution < 1.29 is 35.7 Å². The topological polar surface area (TPSA) is 154 Å². The Morgan fingerprint density at radius 2 is 1.61 bits per heavy atom. The zero-order valence-electron chi connectivity index (χ0n) is 9.85. The fraction of sp³-hybridized carbons (Fsp3) is 1.00. The summed E-state index contributed by atoms with van der Waals surface area (Å²) in [5.41, 5.74) is -1.94. The molecule has 0 spiro atoms. The minimum Gasteiger partial charge on any atom is -0.395 e. The Hall–Kier alpha value is -0.320. The lowest BCUT2D eigenvalue weighted by atomic mass is 9.76. The van der Waals surface area contributed by atoms with E-state index in [0.29, 0.717) is 0 Å². The van der Waals surface area contributed by atoms with Gasteiger partial charge in [-0.2, -0.15) is 0 Å². The van der Waals surface area contributed by atoms with Gasteiger partial charge in [0.15, 0.2) is 0 Å². The Bertz CT molecular complexity index is 263. The third-order valence-corrected chi connectivity index (χ3v) is 3.37. The SMILES string of the molecule is OCC(CO)N[C@@H]1C[C@](O)(CO)[C@H](O)[C@@H](O)[C@H]1O. The molecule has 1 fully saturated rings. The highest BCUT2D eigenvalue weighted by Crippen LogP contribution is 2.29. The predicted octanol–water partition coefficient (Wildman–Crippen LogP) is -4.49. The third-order valence-electron chi connectivity index (χ3n) is 3.37. The number of hydrogen-bond acceptors (Lipinski definition) is 8. The van der Waals surface area contributed by atoms with E-state index in [1.54, 1.807) is 0 Å². The van der Waals surface area contributed by atoms with Crippen LogP contribution in [0.2, 0.25) is 0 Å². The van der Waals surface area contributed by atoms with Crippen LogP contribution in [0.25, 0.3) is 0 Å². The summed E-state index contributed by atoms with van der Waals surface area (Å²) in [4.78, 5) is 0. The molecule has 0 unspecified atom stereocenters. The zero-order valence-corrected chi connectivity index (χ0v) is 9.85. The van der Waals surface area contributed by atoms with E-state index in [-0.39, 0.29) is 6.42 Å². The summed E-state index contributed by atoms with van der Waals surface area (Å²) in [6, 6.07) is -1.60. The van der Waals surface area contributed by atoms with E-state index in [4.69, 9.17) is 15.3 Å². The Labute approximate surface area is 104 Å². The fourth-order valence-electron chi connectivity index (χ4n) is 2.15. The lowest BCUT2D eigenvalue weighted by molar-refractivity contribution is -0.207. The lowest BCUT2D eigenvalue weighted by Crippen LogP contribution is -2.68. The zero-order chi connectivity index (χ0) is 13.9. The first-order chi connectivity index (χ1) is 8.39. The standard InChI is InChI=1S/C10H21NO7/c12-2-5(3-13)11-6-1-10(18,4-14)9(17)8(16)7(6)15/h5-9,11-18H,1-4H2/t6-,7+,8+,9-,10+/m1/s1. The minimum atomic E-state index is -1.94. The minimum absolute atomic E-state index is 0.223. The second-order valence-electron chi connectivity index (χ2n) is 4.73. The highest BCUT2D eigenvalue weighted by atomic mass is 16.4. The van der Waals surface area contributed by atoms with Gasteiger partial charge in [0.1, 0.15) is 17.8 Å². The molecule has 108 valence electrons. The molecule has 0 radical (unpaired) electrons. The number of hydrogen-bond donors (Lipinski definition) is 8. The van der Waals surface area contributed by atoms with Gasteiger partial charge < -0.3 is 41.1 Å². The van der Waals surface area contributed by atoms with E-state index in [9.17, 15) is 20.4 Å². The Kier molecular flexibility index (Phi) is 5.44. The highest BCUT2D eigenvalue weighted by molar-refractivity contribution is 5.05. The number of aliphatic hydroxyl groups excluding tert-OH is 6. The first kappa shape index (κ1) is 15.7. The van der Waals surface area contributed by atoms with Crippen molar-refractivity contribution in [2.24, 2.45) is 0 Å². The van der Waals surface area contributed by atoms with E-state index < -0.39 is 55.8 Å². The maximum atomic E-state index is 9.93. The number of nitrogens with one attached hydrogen (secondary N) is 1. The molecule has 0 saturated heterocycles. The van der Waals surface area contributed by atoms with Crippen LogP contribution in [0.4, 0.5) is 0 Å². The molecule has 0 aromatic rings. The molecule has 0 heterocycles. The van der Waals surface area contributed by atoms with Crippen LogP contribution in [-0.2, 0) is 0 Å². The van der Waals surface area contributed by atoms with Crippen molar-refractivity contribution in [2.45, 2.75) is 42.4 Å². The molecular formula is C10H21NO7. The molecule has 18 heavy (non-hydrogen) atoms. The van der Waals surface area contributed by atoms with Crippen LogP contribution in [0.3, 0.4) is 0 Å². The molecule has 1 aliphatic carbocycles. The molecule has 1 aliphatic rings. The van der Waals surface area contributed by atoms with Crippen molar-refractivity contribution in [1.82, 2.24) is 5.32 Å². The van der Waals surface area contributed by atoms with Gasteiger partial charge in [0.25, 0.3) is 0 Å². The third kappa shape index (κ3) is 2.98. The maximum Gasteiger partial charge on any atom is 0.118 e. The molecule has 0 aromatic carbocycles. The number of aliphatic hydroxyl groups is 7. The quantitative estimate of drug-likeness (QED) is 0.248. The van der Waals surface area contributed by atoms with Crippen LogP contribution in [0.15, 0.2) is 0 Å². The summed E-state index contributed by atoms with van der Waals surface area (Å²) in [6.07, 6.45) is -4.91. The van der Waals surface area contributed by atoms with Crippen molar-refractivity contribution in [3.8, 4) is 0 Å². The summed E-state index contributed by atoms with van der Waals surface area (Å²) in [5.74, 6) is 0. The van der Waals surface area contributed by atoms with Crippen LogP contribution >= 0.6 is 0 Å². The van der Waals surface area contributed by atoms with Crippen LogP contribution < -0.4 is 5.32 Å². The van der Waals surface area contributed by atoms with Crippen LogP contribution in [0.5, 0.6) is 0 Å². The Balaban J connectivity index is 2.79. The van der Waals surface area contributed by atoms with Crippen molar-refractivity contribution in [2.75, 3.05) is 19.8 Å². The predicted molar refractivity (Wildman–Crippen MR) is 59.6 cm³/mol. The van der Waals surface area contributed by atoms with Crippen LogP contribution in [-0.4, -0.2) is 91.6 Å². The lowest BCUT2D eigenvalue weighted by Gasteiger charge is -2.46. The van der Waals surface area contributed by atoms with Crippen LogP contribution in [0, 0.1) is 0 Å². The van der Waals surface area contributed by atoms with Gasteiger partial charge in [0.05, 0.1) is 32.0 Å². The Morgan fingerprint density at radius 1 is 1.06 bits per heavy atom. The molecule has 8 N–H and O–H groups in total. The van der Waals surface area contributed by atoms with Crippen molar-refractivity contribution in [1.29, 1.82) is 0 Å². The first-order valence-corrected chi connectivity index (χ1v) is 5.74. The summed E-state index contributed by atoms with van der Waals surface area (Å²) in [7, 11) is 0. The van der Waals surface area contributed by atoms with Crippen molar-refractivity contribution >= 4 is 0 Å². The van der Waals surface area contributed by atoms with Gasteiger partial charge in [-0.05, 0) is 6.42 Å². The average molecular weight is 267 g/mol. The number of rotatable bonds is 5. The van der Waals surface area contributed by atoms with Crippen molar-refractivity contribution in [3.63, 3.8) is 0 Å². The van der Waals surface area contributed by atoms with Gasteiger partial charge in [-0.1, -0.05) is 0 Å². The smallest absolute Gasteiger partial charge is 0.118 e. The van der Waals surface area contributed by atoms with E-state index in [1.807, 2.05) is 0 Å². The van der Waals surface area contributed by atoms with Gasteiger partial charge in [-0.15, -0.1) is 0 Å². The molecule has 1 rings (SSSR count). The maximum absolute atomic E-state index is 9.93. The molecule has 5 atom stereocenters. The molecule has 0 bridgehead atoms. The van der Waals surface area contributed by atoms with Gasteiger partial charge >= 0.3 is 0 Å². The molecule has 8 heteroatoms. The van der Waals surface area contributed by atoms with E-state index in [1.165, 1.54) is 0 Å². The average Bonchev–Trinajstić information content (AvgIpc) is 2.39. The van der Waals surface area contributed by atoms with Crippen molar-refractivity contribution in [3.05, 3.63) is 0 Å². The normalized spacial score (nSPS) is 41.3. The highest BCUT2D eigenvalue weighted by Gasteiger charge is 2.51. The summed E-state index contributed by atoms with van der Waals surface area (Å²) in [6.45, 7) is -1.56. The molecule has 0 aromatic heterocycles. The molecule has 0 amide bonds. The second kappa shape index (κ2) is 6.22. The molecular weight excluding hydrogens is 246 g/mol. The molecule has 8 nitrogen and oxygen atoms in total. The largest absolute Gasteiger partial charge is 0.395 e. The van der Waals surface area contributed by atoms with Gasteiger partial charge in [-0.3, -0.25) is 0 Å². The Morgan fingerprint density at radius 3 is 2.06 bits per heavy atom. The van der Waals surface area contributed by atoms with E-state index in [0.717, 1.165) is 0 Å². The van der Waals surface area contributed by atoms with E-state index in [2.05, 4.69) is 5.32 Å². The monoisotopic (exact) mass is 267 g/mol. The fourth-order valence-corrected chi connectivity index (χ4v) is 2.15. The second-order valence-corrected chi connectivity index (χ2v) is 4.73. The molecule has 0 aliphatic heterocycles. The van der Waals surface area contributed by atoms with Gasteiger partial charge in [0.2, 0.25) is 0 Å². The van der Waals surface area contributed by atoms with Gasteiger partial charge in [-0.25, -0.2) is 0 Å². The summed E-state index contributed by atoms with van der Waals surface area (Å²) in [5, 5.41) is 68.4. The van der Waals surface area contributed by atoms with E-state index >= 15 is 0 Å². The molecule has 1 saturated carbocycles. The van der Waals surface area contributed by atoms with Gasteiger partial charge in [0, 0.05) is 6.04 Å². The summed E-state index contributed by atoms with van der Waals surface area (Å²) >= 11 is 0. The summed E-state index contributed by atoms with van der Waals surface area (Å²) < 4.78 is 0. The van der Waals surface area contributed by atoms with Crippen LogP contribution in [0.1, 0.15) is 6.42 Å².